The van der Waals surface area contributed by atoms with Crippen LogP contribution in [0.1, 0.15) is 0 Å². The molecule has 0 bridgehead atoms. The smallest absolute Gasteiger partial charge is 0.250 e. The average Bonchev–Trinajstić information content (AvgIpc) is 2.84. The number of rotatable bonds is 3. The van der Waals surface area contributed by atoms with Crippen LogP contribution in [-0.2, 0) is 0 Å². The summed E-state index contributed by atoms with van der Waals surface area (Å²) >= 11 is 0. The van der Waals surface area contributed by atoms with Gasteiger partial charge in [-0.05, 0) is 23.8 Å². The van der Waals surface area contributed by atoms with Crippen molar-refractivity contribution in [3.8, 4) is 11.3 Å². The molecule has 0 amide bonds. The molecule has 0 aliphatic carbocycles. The maximum Gasteiger partial charge on any atom is 0.250 e. The molecule has 3 rings (SSSR count). The van der Waals surface area contributed by atoms with Crippen LogP contribution in [0.2, 0.25) is 0 Å². The van der Waals surface area contributed by atoms with Crippen molar-refractivity contribution in [3.63, 3.8) is 0 Å². The Balaban J connectivity index is 2.25. The van der Waals surface area contributed by atoms with E-state index in [1.807, 2.05) is 48.5 Å². The van der Waals surface area contributed by atoms with Gasteiger partial charge in [0.25, 0.3) is 6.20 Å². The van der Waals surface area contributed by atoms with Crippen LogP contribution in [0.15, 0.2) is 60.9 Å². The molecule has 0 saturated heterocycles. The summed E-state index contributed by atoms with van der Waals surface area (Å²) in [5, 5.41) is 11.5. The molecule has 1 aromatic carbocycles. The van der Waals surface area contributed by atoms with Gasteiger partial charge in [-0.25, -0.2) is 4.98 Å². The van der Waals surface area contributed by atoms with Gasteiger partial charge in [0.05, 0.1) is 16.8 Å². The second-order valence-corrected chi connectivity index (χ2v) is 4.27. The summed E-state index contributed by atoms with van der Waals surface area (Å²) in [6, 6.07) is 15.5. The highest BCUT2D eigenvalue weighted by atomic mass is 16.6. The van der Waals surface area contributed by atoms with E-state index in [9.17, 15) is 10.1 Å². The first-order valence-corrected chi connectivity index (χ1v) is 6.09. The average molecular weight is 265 g/mol. The normalized spacial score (nSPS) is 11.2. The van der Waals surface area contributed by atoms with Gasteiger partial charge in [-0.3, -0.25) is 14.7 Å². The van der Waals surface area contributed by atoms with Crippen LogP contribution in [-0.4, -0.2) is 14.5 Å². The first-order chi connectivity index (χ1) is 9.75. The lowest BCUT2D eigenvalue weighted by molar-refractivity contribution is -0.401. The molecular weight excluding hydrogens is 254 g/mol. The van der Waals surface area contributed by atoms with E-state index in [1.54, 1.807) is 10.8 Å². The summed E-state index contributed by atoms with van der Waals surface area (Å²) in [4.78, 5) is 14.4. The van der Waals surface area contributed by atoms with Crippen molar-refractivity contribution >= 4 is 17.2 Å². The molecule has 0 aliphatic rings. The van der Waals surface area contributed by atoms with Crippen LogP contribution < -0.4 is 0 Å². The predicted molar refractivity (Wildman–Crippen MR) is 77.5 cm³/mol. The standard InChI is InChI=1S/C15H11N3O2/c19-18(20)10-9-17-14(12-5-2-1-3-6-12)11-13-7-4-8-16-15(13)17/h1-11H. The summed E-state index contributed by atoms with van der Waals surface area (Å²) < 4.78 is 1.73. The van der Waals surface area contributed by atoms with E-state index >= 15 is 0 Å². The summed E-state index contributed by atoms with van der Waals surface area (Å²) in [6.07, 6.45) is 4.02. The van der Waals surface area contributed by atoms with Gasteiger partial charge in [-0.15, -0.1) is 0 Å². The lowest BCUT2D eigenvalue weighted by Crippen LogP contribution is -1.93. The van der Waals surface area contributed by atoms with Gasteiger partial charge in [0.15, 0.2) is 0 Å². The van der Waals surface area contributed by atoms with E-state index in [1.165, 1.54) is 6.20 Å². The fourth-order valence-corrected chi connectivity index (χ4v) is 2.16. The number of hydrogen-bond donors (Lipinski definition) is 0. The van der Waals surface area contributed by atoms with Crippen LogP contribution in [0.25, 0.3) is 28.5 Å². The van der Waals surface area contributed by atoms with E-state index in [0.717, 1.165) is 22.8 Å². The van der Waals surface area contributed by atoms with Gasteiger partial charge in [0.1, 0.15) is 5.65 Å². The van der Waals surface area contributed by atoms with Gasteiger partial charge in [-0.2, -0.15) is 0 Å². The van der Waals surface area contributed by atoms with Crippen LogP contribution in [0, 0.1) is 10.1 Å². The minimum absolute atomic E-state index is 0.483. The maximum atomic E-state index is 10.6. The fraction of sp³-hybridized carbons (Fsp3) is 0. The lowest BCUT2D eigenvalue weighted by atomic mass is 10.1. The highest BCUT2D eigenvalue weighted by molar-refractivity contribution is 5.86. The Hall–Kier alpha value is -2.95. The summed E-state index contributed by atoms with van der Waals surface area (Å²) in [5.41, 5.74) is 2.56. The molecule has 0 unspecified atom stereocenters. The number of nitro groups is 1. The number of aromatic nitrogens is 2. The van der Waals surface area contributed by atoms with Crippen LogP contribution >= 0.6 is 0 Å². The molecular formula is C15H11N3O2. The molecule has 3 aromatic rings. The Morgan fingerprint density at radius 3 is 2.70 bits per heavy atom. The van der Waals surface area contributed by atoms with Gasteiger partial charge in [0.2, 0.25) is 0 Å². The monoisotopic (exact) mass is 265 g/mol. The molecule has 2 heterocycles. The molecule has 5 heteroatoms. The third-order valence-electron chi connectivity index (χ3n) is 3.00. The summed E-state index contributed by atoms with van der Waals surface area (Å²) in [6.45, 7) is 0. The molecule has 0 fully saturated rings. The Kier molecular flexibility index (Phi) is 3.01. The van der Waals surface area contributed by atoms with Crippen LogP contribution in [0.3, 0.4) is 0 Å². The Labute approximate surface area is 115 Å². The second kappa shape index (κ2) is 4.97. The molecule has 0 N–H and O–H groups in total. The molecule has 20 heavy (non-hydrogen) atoms. The van der Waals surface area contributed by atoms with Crippen molar-refractivity contribution in [3.05, 3.63) is 71.0 Å². The number of nitrogens with zero attached hydrogens (tertiary/aromatic N) is 3. The van der Waals surface area contributed by atoms with Crippen LogP contribution in [0.5, 0.6) is 0 Å². The molecule has 0 aliphatic heterocycles. The van der Waals surface area contributed by atoms with Crippen molar-refractivity contribution in [2.75, 3.05) is 0 Å². The zero-order valence-corrected chi connectivity index (χ0v) is 10.5. The molecule has 0 spiro atoms. The number of pyridine rings is 1. The quantitative estimate of drug-likeness (QED) is 0.538. The Bertz CT molecular complexity index is 791. The van der Waals surface area contributed by atoms with E-state index in [4.69, 9.17) is 0 Å². The molecule has 0 atom stereocenters. The van der Waals surface area contributed by atoms with Crippen molar-refractivity contribution in [2.24, 2.45) is 0 Å². The first-order valence-electron chi connectivity index (χ1n) is 6.09. The minimum Gasteiger partial charge on any atom is -0.294 e. The third kappa shape index (κ3) is 2.16. The minimum atomic E-state index is -0.483. The highest BCUT2D eigenvalue weighted by Crippen LogP contribution is 2.27. The van der Waals surface area contributed by atoms with Crippen molar-refractivity contribution in [1.29, 1.82) is 0 Å². The predicted octanol–water partition coefficient (Wildman–Crippen LogP) is 3.41. The van der Waals surface area contributed by atoms with E-state index < -0.39 is 4.92 Å². The number of benzene rings is 1. The number of fused-ring (bicyclic) bond motifs is 1. The van der Waals surface area contributed by atoms with Crippen molar-refractivity contribution < 1.29 is 4.92 Å². The molecule has 98 valence electrons. The van der Waals surface area contributed by atoms with Crippen LogP contribution in [0.4, 0.5) is 0 Å². The topological polar surface area (TPSA) is 61.0 Å². The van der Waals surface area contributed by atoms with Gasteiger partial charge in [0, 0.05) is 11.6 Å². The third-order valence-corrected chi connectivity index (χ3v) is 3.00. The van der Waals surface area contributed by atoms with Crippen molar-refractivity contribution in [2.45, 2.75) is 0 Å². The molecule has 0 saturated carbocycles. The zero-order valence-electron chi connectivity index (χ0n) is 10.5. The molecule has 0 radical (unpaired) electrons. The van der Waals surface area contributed by atoms with Gasteiger partial charge in [-0.1, -0.05) is 30.3 Å². The Morgan fingerprint density at radius 1 is 1.15 bits per heavy atom. The van der Waals surface area contributed by atoms with E-state index in [0.29, 0.717) is 5.65 Å². The summed E-state index contributed by atoms with van der Waals surface area (Å²) in [7, 11) is 0. The fourth-order valence-electron chi connectivity index (χ4n) is 2.16. The van der Waals surface area contributed by atoms with Crippen molar-refractivity contribution in [1.82, 2.24) is 9.55 Å². The molecule has 2 aromatic heterocycles. The van der Waals surface area contributed by atoms with E-state index in [-0.39, 0.29) is 0 Å². The zero-order chi connectivity index (χ0) is 13.9. The van der Waals surface area contributed by atoms with Gasteiger partial charge >= 0.3 is 0 Å². The van der Waals surface area contributed by atoms with E-state index in [2.05, 4.69) is 4.98 Å². The second-order valence-electron chi connectivity index (χ2n) is 4.27. The highest BCUT2D eigenvalue weighted by Gasteiger charge is 2.10. The largest absolute Gasteiger partial charge is 0.294 e. The molecule has 5 nitrogen and oxygen atoms in total. The SMILES string of the molecule is O=[N+]([O-])C=Cn1c(-c2ccccc2)cc2cccnc21. The summed E-state index contributed by atoms with van der Waals surface area (Å²) in [5.74, 6) is 0. The first kappa shape index (κ1) is 12.1. The number of hydrogen-bond acceptors (Lipinski definition) is 3. The maximum absolute atomic E-state index is 10.6. The Morgan fingerprint density at radius 2 is 1.95 bits per heavy atom. The van der Waals surface area contributed by atoms with Gasteiger partial charge < -0.3 is 0 Å². The lowest BCUT2D eigenvalue weighted by Gasteiger charge is -2.03.